The summed E-state index contributed by atoms with van der Waals surface area (Å²) >= 11 is 0. The second-order valence-electron chi connectivity index (χ2n) is 4.32. The molecule has 0 fully saturated rings. The van der Waals surface area contributed by atoms with E-state index in [-0.39, 0.29) is 0 Å². The van der Waals surface area contributed by atoms with Crippen LogP contribution in [-0.4, -0.2) is 0 Å². The molecule has 1 heteroatoms. The number of rotatable bonds is 1. The van der Waals surface area contributed by atoms with Crippen molar-refractivity contribution in [2.24, 2.45) is 0 Å². The van der Waals surface area contributed by atoms with Crippen LogP contribution in [-0.2, 0) is 0 Å². The van der Waals surface area contributed by atoms with Gasteiger partial charge in [0.15, 0.2) is 0 Å². The zero-order chi connectivity index (χ0) is 11.5. The van der Waals surface area contributed by atoms with Crippen molar-refractivity contribution in [1.29, 1.82) is 5.26 Å². The molecule has 1 aliphatic rings. The van der Waals surface area contributed by atoms with E-state index in [0.717, 1.165) is 18.4 Å². The molecule has 0 aromatic heterocycles. The fourth-order valence-corrected chi connectivity index (χ4v) is 1.96. The van der Waals surface area contributed by atoms with Crippen LogP contribution in [0.3, 0.4) is 0 Å². The van der Waals surface area contributed by atoms with E-state index in [9.17, 15) is 0 Å². The summed E-state index contributed by atoms with van der Waals surface area (Å²) in [5.41, 5.74) is 6.21. The average Bonchev–Trinajstić information content (AvgIpc) is 2.33. The molecule has 0 spiro atoms. The van der Waals surface area contributed by atoms with E-state index in [1.54, 1.807) is 0 Å². The molecule has 0 unspecified atom stereocenters. The molecule has 80 valence electrons. The number of benzene rings is 1. The molecule has 0 heterocycles. The lowest BCUT2D eigenvalue weighted by Crippen LogP contribution is -1.95. The van der Waals surface area contributed by atoms with Gasteiger partial charge in [0.05, 0.1) is 11.6 Å². The Morgan fingerprint density at radius 1 is 1.06 bits per heavy atom. The monoisotopic (exact) mass is 209 g/mol. The Hall–Kier alpha value is -1.81. The van der Waals surface area contributed by atoms with Crippen LogP contribution in [0.4, 0.5) is 0 Å². The summed E-state index contributed by atoms with van der Waals surface area (Å²) in [7, 11) is 0. The first-order valence-corrected chi connectivity index (χ1v) is 5.58. The van der Waals surface area contributed by atoms with Gasteiger partial charge < -0.3 is 0 Å². The Kier molecular flexibility index (Phi) is 2.92. The summed E-state index contributed by atoms with van der Waals surface area (Å²) in [6.07, 6.45) is 4.52. The number of nitriles is 1. The van der Waals surface area contributed by atoms with Crippen molar-refractivity contribution in [2.75, 3.05) is 0 Å². The fraction of sp³-hybridized carbons (Fsp3) is 0.267. The Bertz CT molecular complexity index is 495. The predicted molar refractivity (Wildman–Crippen MR) is 66.7 cm³/mol. The molecule has 0 aliphatic heterocycles. The van der Waals surface area contributed by atoms with Gasteiger partial charge >= 0.3 is 0 Å². The van der Waals surface area contributed by atoms with Crippen LogP contribution in [0.25, 0.3) is 5.57 Å². The maximum Gasteiger partial charge on any atom is 0.0991 e. The average molecular weight is 209 g/mol. The minimum Gasteiger partial charge on any atom is -0.192 e. The lowest BCUT2D eigenvalue weighted by molar-refractivity contribution is 0.954. The Labute approximate surface area is 96.7 Å². The van der Waals surface area contributed by atoms with E-state index < -0.39 is 0 Å². The van der Waals surface area contributed by atoms with Gasteiger partial charge in [0.25, 0.3) is 0 Å². The summed E-state index contributed by atoms with van der Waals surface area (Å²) in [6, 6.07) is 10.00. The maximum absolute atomic E-state index is 8.74. The Morgan fingerprint density at radius 3 is 2.31 bits per heavy atom. The molecule has 1 aliphatic carbocycles. The van der Waals surface area contributed by atoms with Crippen molar-refractivity contribution >= 4 is 5.57 Å². The molecule has 0 saturated carbocycles. The van der Waals surface area contributed by atoms with Crippen molar-refractivity contribution in [1.82, 2.24) is 0 Å². The smallest absolute Gasteiger partial charge is 0.0991 e. The highest BCUT2D eigenvalue weighted by atomic mass is 14.2. The molecule has 1 aromatic carbocycles. The van der Waals surface area contributed by atoms with Gasteiger partial charge in [0.1, 0.15) is 0 Å². The molecule has 0 saturated heterocycles. The second-order valence-corrected chi connectivity index (χ2v) is 4.32. The molecular formula is C15H15N. The number of hydrogen-bond acceptors (Lipinski definition) is 1. The number of hydrogen-bond donors (Lipinski definition) is 0. The van der Waals surface area contributed by atoms with Gasteiger partial charge in [-0.15, -0.1) is 0 Å². The third kappa shape index (κ3) is 2.06. The normalized spacial score (nSPS) is 15.7. The molecule has 0 amide bonds. The highest BCUT2D eigenvalue weighted by Crippen LogP contribution is 2.29. The van der Waals surface area contributed by atoms with Gasteiger partial charge in [0.2, 0.25) is 0 Å². The van der Waals surface area contributed by atoms with Crippen molar-refractivity contribution in [3.8, 4) is 6.07 Å². The predicted octanol–water partition coefficient (Wildman–Crippen LogP) is 4.07. The summed E-state index contributed by atoms with van der Waals surface area (Å²) in [5, 5.41) is 8.74. The van der Waals surface area contributed by atoms with Gasteiger partial charge in [-0.1, -0.05) is 29.4 Å². The molecule has 0 bridgehead atoms. The molecule has 0 radical (unpaired) electrons. The van der Waals surface area contributed by atoms with Crippen molar-refractivity contribution in [2.45, 2.75) is 26.7 Å². The second kappa shape index (κ2) is 4.37. The number of nitrogens with zero attached hydrogens (tertiary/aromatic N) is 1. The highest BCUT2D eigenvalue weighted by molar-refractivity contribution is 5.70. The number of allylic oxidation sites excluding steroid dienone is 4. The van der Waals surface area contributed by atoms with Crippen LogP contribution in [0.5, 0.6) is 0 Å². The van der Waals surface area contributed by atoms with Crippen LogP contribution in [0.1, 0.15) is 37.8 Å². The molecule has 0 N–H and O–H groups in total. The van der Waals surface area contributed by atoms with Crippen LogP contribution in [0.2, 0.25) is 0 Å². The van der Waals surface area contributed by atoms with E-state index in [1.807, 2.05) is 24.3 Å². The van der Waals surface area contributed by atoms with E-state index in [0.29, 0.717) is 0 Å². The van der Waals surface area contributed by atoms with E-state index in [4.69, 9.17) is 5.26 Å². The Morgan fingerprint density at radius 2 is 1.75 bits per heavy atom. The van der Waals surface area contributed by atoms with E-state index >= 15 is 0 Å². The zero-order valence-corrected chi connectivity index (χ0v) is 9.75. The minimum atomic E-state index is 0.726. The fourth-order valence-electron chi connectivity index (χ4n) is 1.96. The zero-order valence-electron chi connectivity index (χ0n) is 9.75. The first-order chi connectivity index (χ1) is 7.70. The van der Waals surface area contributed by atoms with Crippen LogP contribution < -0.4 is 0 Å². The lowest BCUT2D eigenvalue weighted by atomic mass is 9.90. The van der Waals surface area contributed by atoms with Gasteiger partial charge in [-0.25, -0.2) is 0 Å². The van der Waals surface area contributed by atoms with Crippen LogP contribution in [0.15, 0.2) is 41.5 Å². The van der Waals surface area contributed by atoms with Gasteiger partial charge in [0, 0.05) is 0 Å². The third-order valence-electron chi connectivity index (χ3n) is 3.22. The Balaban J connectivity index is 2.32. The molecule has 1 aromatic rings. The quantitative estimate of drug-likeness (QED) is 0.684. The molecule has 1 nitrogen and oxygen atoms in total. The van der Waals surface area contributed by atoms with Crippen molar-refractivity contribution in [3.63, 3.8) is 0 Å². The standard InChI is InChI=1S/C15H15N/c1-11-3-6-15(9-12(11)2)14-7-4-13(10-16)5-8-14/h4-5,7-9H,3,6H2,1-2H3. The first kappa shape index (κ1) is 10.7. The topological polar surface area (TPSA) is 23.8 Å². The van der Waals surface area contributed by atoms with E-state index in [1.165, 1.54) is 22.3 Å². The van der Waals surface area contributed by atoms with Crippen molar-refractivity contribution < 1.29 is 0 Å². The van der Waals surface area contributed by atoms with Crippen LogP contribution >= 0.6 is 0 Å². The summed E-state index contributed by atoms with van der Waals surface area (Å²) in [6.45, 7) is 4.36. The van der Waals surface area contributed by atoms with E-state index in [2.05, 4.69) is 26.0 Å². The molecule has 0 atom stereocenters. The van der Waals surface area contributed by atoms with Gasteiger partial charge in [-0.3, -0.25) is 0 Å². The summed E-state index contributed by atoms with van der Waals surface area (Å²) in [4.78, 5) is 0. The third-order valence-corrected chi connectivity index (χ3v) is 3.22. The lowest BCUT2D eigenvalue weighted by Gasteiger charge is -2.16. The SMILES string of the molecule is CC1=C(C)CCC(c2ccc(C#N)cc2)=C1. The first-order valence-electron chi connectivity index (χ1n) is 5.58. The molecular weight excluding hydrogens is 194 g/mol. The highest BCUT2D eigenvalue weighted by Gasteiger charge is 2.09. The maximum atomic E-state index is 8.74. The van der Waals surface area contributed by atoms with Gasteiger partial charge in [-0.05, 0) is 50.0 Å². The largest absolute Gasteiger partial charge is 0.192 e. The summed E-state index contributed by atoms with van der Waals surface area (Å²) in [5.74, 6) is 0. The summed E-state index contributed by atoms with van der Waals surface area (Å²) < 4.78 is 0. The van der Waals surface area contributed by atoms with Crippen molar-refractivity contribution in [3.05, 3.63) is 52.6 Å². The molecule has 16 heavy (non-hydrogen) atoms. The minimum absolute atomic E-state index is 0.726. The van der Waals surface area contributed by atoms with Gasteiger partial charge in [-0.2, -0.15) is 5.26 Å². The van der Waals surface area contributed by atoms with Crippen LogP contribution in [0, 0.1) is 11.3 Å². The molecule has 2 rings (SSSR count).